The van der Waals surface area contributed by atoms with E-state index < -0.39 is 11.9 Å². The Hall–Kier alpha value is -5.18. The summed E-state index contributed by atoms with van der Waals surface area (Å²) in [5.41, 5.74) is 2.80. The predicted octanol–water partition coefficient (Wildman–Crippen LogP) is 5.83. The first kappa shape index (κ1) is 31.3. The summed E-state index contributed by atoms with van der Waals surface area (Å²) in [6.07, 6.45) is 3.52. The van der Waals surface area contributed by atoms with Gasteiger partial charge in [0.2, 0.25) is 6.79 Å². The number of ether oxygens (including phenoxy) is 6. The summed E-state index contributed by atoms with van der Waals surface area (Å²) < 4.78 is 32.7. The Balaban J connectivity index is 1.32. The maximum atomic E-state index is 12.5. The molecule has 10 nitrogen and oxygen atoms in total. The average molecular weight is 577 g/mol. The van der Waals surface area contributed by atoms with E-state index in [4.69, 9.17) is 33.3 Å². The summed E-state index contributed by atoms with van der Waals surface area (Å²) in [7, 11) is 0. The molecule has 0 radical (unpaired) electrons. The van der Waals surface area contributed by atoms with Gasteiger partial charge in [-0.25, -0.2) is 9.59 Å². The van der Waals surface area contributed by atoms with Crippen molar-refractivity contribution in [2.24, 2.45) is 0 Å². The van der Waals surface area contributed by atoms with E-state index in [1.807, 2.05) is 0 Å². The molecule has 3 aromatic carbocycles. The minimum absolute atomic E-state index is 0.00970. The molecule has 10 heteroatoms. The Labute approximate surface area is 244 Å². The first-order chi connectivity index (χ1) is 20.6. The molecule has 42 heavy (non-hydrogen) atoms. The molecule has 0 unspecified atom stereocenters. The maximum absolute atomic E-state index is 12.5. The summed E-state index contributed by atoms with van der Waals surface area (Å²) in [5, 5.41) is 0. The van der Waals surface area contributed by atoms with Crippen LogP contribution in [0.4, 0.5) is 0 Å². The van der Waals surface area contributed by atoms with Gasteiger partial charge >= 0.3 is 11.9 Å². The largest absolute Gasteiger partial charge is 0.494 e. The molecular weight excluding hydrogens is 544 g/mol. The van der Waals surface area contributed by atoms with Crippen LogP contribution in [0.15, 0.2) is 104 Å². The number of esters is 2. The highest BCUT2D eigenvalue weighted by Gasteiger charge is 2.09. The average Bonchev–Trinajstić information content (AvgIpc) is 3.02. The van der Waals surface area contributed by atoms with Crippen molar-refractivity contribution in [3.63, 3.8) is 0 Å². The first-order valence-electron chi connectivity index (χ1n) is 13.0. The third-order valence-electron chi connectivity index (χ3n) is 5.21. The van der Waals surface area contributed by atoms with Crippen LogP contribution in [-0.2, 0) is 19.3 Å². The monoisotopic (exact) mass is 576 g/mol. The Kier molecular flexibility index (Phi) is 13.6. The zero-order chi connectivity index (χ0) is 29.8. The Morgan fingerprint density at radius 3 is 1.71 bits per heavy atom. The minimum Gasteiger partial charge on any atom is -0.494 e. The fourth-order valence-electron chi connectivity index (χ4n) is 3.16. The van der Waals surface area contributed by atoms with Crippen molar-refractivity contribution in [1.82, 2.24) is 0 Å². The molecule has 0 atom stereocenters. The zero-order valence-corrected chi connectivity index (χ0v) is 23.0. The number of carbonyl (C=O) groups excluding carboxylic acids is 2. The molecule has 0 spiro atoms. The van der Waals surface area contributed by atoms with Gasteiger partial charge in [0.25, 0.3) is 0 Å². The lowest BCUT2D eigenvalue weighted by molar-refractivity contribution is -0.249. The Bertz CT molecular complexity index is 1290. The van der Waals surface area contributed by atoms with Gasteiger partial charge < -0.3 is 33.3 Å². The second-order valence-corrected chi connectivity index (χ2v) is 8.28. The van der Waals surface area contributed by atoms with Crippen LogP contribution in [0.25, 0.3) is 0 Å². The highest BCUT2D eigenvalue weighted by molar-refractivity contribution is 5.91. The number of benzene rings is 3. The molecule has 0 aliphatic carbocycles. The summed E-state index contributed by atoms with van der Waals surface area (Å²) in [4.78, 5) is 33.0. The van der Waals surface area contributed by atoms with Crippen molar-refractivity contribution in [2.45, 2.75) is 12.8 Å². The molecule has 0 aliphatic heterocycles. The molecule has 0 fully saturated rings. The van der Waals surface area contributed by atoms with E-state index in [0.29, 0.717) is 67.0 Å². The van der Waals surface area contributed by atoms with E-state index in [0.717, 1.165) is 6.08 Å². The van der Waals surface area contributed by atoms with Gasteiger partial charge in [0.05, 0.1) is 32.0 Å². The van der Waals surface area contributed by atoms with E-state index in [1.54, 1.807) is 72.8 Å². The van der Waals surface area contributed by atoms with Gasteiger partial charge in [-0.1, -0.05) is 18.9 Å². The molecule has 3 rings (SSSR count). The van der Waals surface area contributed by atoms with Crippen LogP contribution in [0.1, 0.15) is 23.2 Å². The summed E-state index contributed by atoms with van der Waals surface area (Å²) in [5.74, 6) is 1.83. The summed E-state index contributed by atoms with van der Waals surface area (Å²) in [6, 6.07) is 20.3. The number of hydrogen-bond donors (Lipinski definition) is 0. The van der Waals surface area contributed by atoms with Crippen LogP contribution in [0.3, 0.4) is 0 Å². The Morgan fingerprint density at radius 1 is 0.667 bits per heavy atom. The molecule has 0 bridgehead atoms. The second-order valence-electron chi connectivity index (χ2n) is 8.28. The van der Waals surface area contributed by atoms with E-state index in [2.05, 4.69) is 23.8 Å². The fraction of sp³-hybridized carbons (Fsp3) is 0.219. The molecule has 0 amide bonds. The summed E-state index contributed by atoms with van der Waals surface area (Å²) >= 11 is 0. The number of hydrogen-bond acceptors (Lipinski definition) is 10. The SMILES string of the molecule is C=C=COOCCCOc1ccc(OCOc2ccc(OC(=O)c3ccc(OCCCOC(=O)C=C)cc3)cc2)cc1. The van der Waals surface area contributed by atoms with E-state index in [-0.39, 0.29) is 13.4 Å². The van der Waals surface area contributed by atoms with Crippen molar-refractivity contribution in [1.29, 1.82) is 0 Å². The van der Waals surface area contributed by atoms with Gasteiger partial charge in [-0.2, -0.15) is 4.89 Å². The lowest BCUT2D eigenvalue weighted by atomic mass is 10.2. The first-order valence-corrected chi connectivity index (χ1v) is 13.0. The highest BCUT2D eigenvalue weighted by Crippen LogP contribution is 2.21. The molecule has 220 valence electrons. The third-order valence-corrected chi connectivity index (χ3v) is 5.21. The zero-order valence-electron chi connectivity index (χ0n) is 23.0. The van der Waals surface area contributed by atoms with Gasteiger partial charge in [0.15, 0.2) is 6.26 Å². The van der Waals surface area contributed by atoms with Crippen molar-refractivity contribution >= 4 is 11.9 Å². The lowest BCUT2D eigenvalue weighted by Crippen LogP contribution is -2.09. The van der Waals surface area contributed by atoms with Crippen LogP contribution in [0.5, 0.6) is 28.7 Å². The van der Waals surface area contributed by atoms with Crippen molar-refractivity contribution < 1.29 is 47.8 Å². The molecule has 0 saturated carbocycles. The summed E-state index contributed by atoms with van der Waals surface area (Å²) in [6.45, 7) is 8.12. The quantitative estimate of drug-likeness (QED) is 0.0199. The maximum Gasteiger partial charge on any atom is 0.343 e. The molecule has 3 aromatic rings. The van der Waals surface area contributed by atoms with Crippen LogP contribution in [0, 0.1) is 0 Å². The van der Waals surface area contributed by atoms with Crippen LogP contribution >= 0.6 is 0 Å². The van der Waals surface area contributed by atoms with E-state index in [9.17, 15) is 9.59 Å². The number of rotatable bonds is 19. The highest BCUT2D eigenvalue weighted by atomic mass is 17.2. The van der Waals surface area contributed by atoms with Gasteiger partial charge in [-0.3, -0.25) is 0 Å². The van der Waals surface area contributed by atoms with Gasteiger partial charge in [0, 0.05) is 18.9 Å². The third kappa shape index (κ3) is 11.9. The lowest BCUT2D eigenvalue weighted by Gasteiger charge is -2.11. The van der Waals surface area contributed by atoms with Gasteiger partial charge in [-0.15, -0.1) is 0 Å². The van der Waals surface area contributed by atoms with Gasteiger partial charge in [0.1, 0.15) is 28.7 Å². The molecular formula is C32H32O10. The minimum atomic E-state index is -0.509. The Morgan fingerprint density at radius 2 is 1.17 bits per heavy atom. The number of carbonyl (C=O) groups is 2. The molecule has 0 aromatic heterocycles. The van der Waals surface area contributed by atoms with Crippen molar-refractivity contribution in [2.75, 3.05) is 33.2 Å². The molecule has 0 heterocycles. The van der Waals surface area contributed by atoms with Crippen molar-refractivity contribution in [3.05, 3.63) is 110 Å². The molecule has 0 aliphatic rings. The van der Waals surface area contributed by atoms with Crippen LogP contribution in [-0.4, -0.2) is 45.2 Å². The van der Waals surface area contributed by atoms with Crippen LogP contribution in [0.2, 0.25) is 0 Å². The van der Waals surface area contributed by atoms with Crippen LogP contribution < -0.4 is 23.7 Å². The smallest absolute Gasteiger partial charge is 0.343 e. The van der Waals surface area contributed by atoms with E-state index >= 15 is 0 Å². The van der Waals surface area contributed by atoms with Gasteiger partial charge in [-0.05, 0) is 72.8 Å². The second kappa shape index (κ2) is 18.2. The van der Waals surface area contributed by atoms with E-state index in [1.165, 1.54) is 6.26 Å². The molecule has 0 N–H and O–H groups in total. The fourth-order valence-corrected chi connectivity index (χ4v) is 3.16. The predicted molar refractivity (Wildman–Crippen MR) is 153 cm³/mol. The molecule has 0 saturated heterocycles. The standard InChI is InChI=1S/C32H32O10/c1-3-19-40-41-23-6-21-36-27-11-13-28(14-12-27)38-24-39-29-15-17-30(18-16-29)42-32(34)25-7-9-26(10-8-25)35-20-5-22-37-31(33)4-2/h4,7-19H,1-2,5-6,20-24H2. The topological polar surface area (TPSA) is 108 Å². The normalized spacial score (nSPS) is 10.0. The van der Waals surface area contributed by atoms with Crippen molar-refractivity contribution in [3.8, 4) is 28.7 Å².